The van der Waals surface area contributed by atoms with E-state index in [0.717, 1.165) is 23.5 Å². The fraction of sp³-hybridized carbons (Fsp3) is 0.222. The van der Waals surface area contributed by atoms with Crippen LogP contribution in [0.25, 0.3) is 0 Å². The van der Waals surface area contributed by atoms with Gasteiger partial charge in [0.1, 0.15) is 11.5 Å². The Labute approximate surface area is 148 Å². The molecule has 0 unspecified atom stereocenters. The quantitative estimate of drug-likeness (QED) is 0.431. The summed E-state index contributed by atoms with van der Waals surface area (Å²) in [5.41, 5.74) is 1.00. The molecule has 0 bridgehead atoms. The van der Waals surface area contributed by atoms with E-state index in [9.17, 15) is 10.2 Å². The van der Waals surface area contributed by atoms with Crippen molar-refractivity contribution in [1.82, 2.24) is 0 Å². The maximum Gasteiger partial charge on any atom is 0.172 e. The highest BCUT2D eigenvalue weighted by Crippen LogP contribution is 2.46. The second-order valence-corrected chi connectivity index (χ2v) is 7.15. The van der Waals surface area contributed by atoms with E-state index in [1.807, 2.05) is 37.3 Å². The second-order valence-electron chi connectivity index (χ2n) is 5.15. The maximum atomic E-state index is 10.4. The number of aryl methyl sites for hydroxylation is 1. The van der Waals surface area contributed by atoms with Gasteiger partial charge in [-0.05, 0) is 42.3 Å². The molecule has 0 saturated carbocycles. The van der Waals surface area contributed by atoms with E-state index in [1.54, 1.807) is 12.5 Å². The molecule has 6 heteroatoms. The summed E-state index contributed by atoms with van der Waals surface area (Å²) in [5, 5.41) is 20.8. The van der Waals surface area contributed by atoms with Crippen LogP contribution in [0.5, 0.6) is 11.5 Å². The Hall–Kier alpha value is -1.92. The predicted molar refractivity (Wildman–Crippen MR) is 95.7 cm³/mol. The van der Waals surface area contributed by atoms with Crippen molar-refractivity contribution < 1.29 is 19.0 Å². The zero-order valence-corrected chi connectivity index (χ0v) is 14.8. The highest BCUT2D eigenvalue weighted by molar-refractivity contribution is 7.99. The standard InChI is InChI=1S/C18H18O4S2/c1-2-12-9-15(23-10-13-5-3-7-21-13)16(19)17(20)18(12)24-11-14-6-4-8-22-14/h3-9,19-20H,2,10-11H2,1H3. The van der Waals surface area contributed by atoms with Gasteiger partial charge in [0.05, 0.1) is 33.8 Å². The Balaban J connectivity index is 1.80. The molecule has 126 valence electrons. The van der Waals surface area contributed by atoms with Gasteiger partial charge in [-0.2, -0.15) is 0 Å². The number of furan rings is 2. The van der Waals surface area contributed by atoms with Gasteiger partial charge in [0.15, 0.2) is 11.5 Å². The first-order valence-electron chi connectivity index (χ1n) is 7.57. The molecule has 0 aliphatic rings. The van der Waals surface area contributed by atoms with Crippen LogP contribution in [-0.4, -0.2) is 10.2 Å². The van der Waals surface area contributed by atoms with E-state index in [4.69, 9.17) is 8.83 Å². The fourth-order valence-electron chi connectivity index (χ4n) is 2.28. The predicted octanol–water partition coefficient (Wildman–Crippen LogP) is 5.43. The highest BCUT2D eigenvalue weighted by Gasteiger charge is 2.18. The molecule has 3 aromatic rings. The van der Waals surface area contributed by atoms with E-state index in [2.05, 4.69) is 0 Å². The van der Waals surface area contributed by atoms with Gasteiger partial charge in [-0.25, -0.2) is 0 Å². The largest absolute Gasteiger partial charge is 0.503 e. The zero-order chi connectivity index (χ0) is 16.9. The molecule has 0 spiro atoms. The van der Waals surface area contributed by atoms with Crippen molar-refractivity contribution >= 4 is 23.5 Å². The fourth-order valence-corrected chi connectivity index (χ4v) is 4.28. The Morgan fingerprint density at radius 1 is 0.917 bits per heavy atom. The van der Waals surface area contributed by atoms with Crippen LogP contribution in [0.1, 0.15) is 24.0 Å². The molecule has 2 N–H and O–H groups in total. The summed E-state index contributed by atoms with van der Waals surface area (Å²) in [6.07, 6.45) is 4.02. The van der Waals surface area contributed by atoms with E-state index >= 15 is 0 Å². The van der Waals surface area contributed by atoms with Crippen LogP contribution in [-0.2, 0) is 17.9 Å². The lowest BCUT2D eigenvalue weighted by Gasteiger charge is -2.14. The molecule has 0 amide bonds. The van der Waals surface area contributed by atoms with E-state index in [0.29, 0.717) is 21.3 Å². The molecular formula is C18H18O4S2. The molecule has 0 aliphatic carbocycles. The van der Waals surface area contributed by atoms with Crippen molar-refractivity contribution in [3.05, 3.63) is 59.9 Å². The van der Waals surface area contributed by atoms with Gasteiger partial charge < -0.3 is 19.0 Å². The van der Waals surface area contributed by atoms with Crippen molar-refractivity contribution in [2.45, 2.75) is 34.6 Å². The van der Waals surface area contributed by atoms with Gasteiger partial charge in [0, 0.05) is 0 Å². The van der Waals surface area contributed by atoms with Gasteiger partial charge in [-0.3, -0.25) is 0 Å². The van der Waals surface area contributed by atoms with Crippen LogP contribution in [0.4, 0.5) is 0 Å². The third-order valence-corrected chi connectivity index (χ3v) is 5.76. The number of phenolic OH excluding ortho intramolecular Hbond substituents is 2. The number of rotatable bonds is 7. The first-order valence-corrected chi connectivity index (χ1v) is 9.54. The topological polar surface area (TPSA) is 66.7 Å². The number of hydrogen-bond acceptors (Lipinski definition) is 6. The molecule has 24 heavy (non-hydrogen) atoms. The summed E-state index contributed by atoms with van der Waals surface area (Å²) in [5.74, 6) is 2.72. The molecule has 3 rings (SSSR count). The lowest BCUT2D eigenvalue weighted by atomic mass is 10.1. The number of hydrogen-bond donors (Lipinski definition) is 2. The van der Waals surface area contributed by atoms with Gasteiger partial charge in [-0.1, -0.05) is 6.92 Å². The van der Waals surface area contributed by atoms with Crippen LogP contribution in [0.3, 0.4) is 0 Å². The van der Waals surface area contributed by atoms with Crippen molar-refractivity contribution in [2.24, 2.45) is 0 Å². The Kier molecular flexibility index (Phi) is 5.48. The van der Waals surface area contributed by atoms with E-state index in [-0.39, 0.29) is 11.5 Å². The van der Waals surface area contributed by atoms with Crippen molar-refractivity contribution in [3.63, 3.8) is 0 Å². The van der Waals surface area contributed by atoms with E-state index < -0.39 is 0 Å². The lowest BCUT2D eigenvalue weighted by Crippen LogP contribution is -1.91. The summed E-state index contributed by atoms with van der Waals surface area (Å²) in [4.78, 5) is 1.36. The Morgan fingerprint density at radius 2 is 1.54 bits per heavy atom. The van der Waals surface area contributed by atoms with Gasteiger partial charge in [0.2, 0.25) is 0 Å². The number of benzene rings is 1. The summed E-state index contributed by atoms with van der Waals surface area (Å²) >= 11 is 2.90. The Bertz CT molecular complexity index is 780. The number of thioether (sulfide) groups is 2. The Morgan fingerprint density at radius 3 is 2.08 bits per heavy atom. The third kappa shape index (κ3) is 3.76. The monoisotopic (exact) mass is 362 g/mol. The number of phenols is 2. The summed E-state index contributed by atoms with van der Waals surface area (Å²) in [7, 11) is 0. The normalized spacial score (nSPS) is 11.0. The first-order chi connectivity index (χ1) is 11.7. The summed E-state index contributed by atoms with van der Waals surface area (Å²) < 4.78 is 10.6. The zero-order valence-electron chi connectivity index (χ0n) is 13.2. The minimum atomic E-state index is -0.0781. The minimum absolute atomic E-state index is 0.0622. The molecule has 2 aromatic heterocycles. The van der Waals surface area contributed by atoms with Crippen LogP contribution in [0.2, 0.25) is 0 Å². The van der Waals surface area contributed by atoms with Crippen LogP contribution in [0, 0.1) is 0 Å². The minimum Gasteiger partial charge on any atom is -0.503 e. The maximum absolute atomic E-state index is 10.4. The van der Waals surface area contributed by atoms with Crippen LogP contribution < -0.4 is 0 Å². The summed E-state index contributed by atoms with van der Waals surface area (Å²) in [6, 6.07) is 9.38. The van der Waals surface area contributed by atoms with Gasteiger partial charge in [0.25, 0.3) is 0 Å². The average molecular weight is 362 g/mol. The van der Waals surface area contributed by atoms with Crippen LogP contribution >= 0.6 is 23.5 Å². The average Bonchev–Trinajstić information content (AvgIpc) is 3.28. The molecule has 2 heterocycles. The lowest BCUT2D eigenvalue weighted by molar-refractivity contribution is 0.385. The summed E-state index contributed by atoms with van der Waals surface area (Å²) in [6.45, 7) is 2.03. The number of aromatic hydroxyl groups is 2. The molecular weight excluding hydrogens is 344 g/mol. The molecule has 4 nitrogen and oxygen atoms in total. The second kappa shape index (κ2) is 7.77. The van der Waals surface area contributed by atoms with Crippen molar-refractivity contribution in [1.29, 1.82) is 0 Å². The smallest absolute Gasteiger partial charge is 0.172 e. The SMILES string of the molecule is CCc1cc(SCc2ccco2)c(O)c(O)c1SCc1ccco1. The first kappa shape index (κ1) is 16.9. The molecule has 0 saturated heterocycles. The van der Waals surface area contributed by atoms with Crippen LogP contribution in [0.15, 0.2) is 61.5 Å². The highest BCUT2D eigenvalue weighted by atomic mass is 32.2. The molecule has 1 aromatic carbocycles. The van der Waals surface area contributed by atoms with Crippen molar-refractivity contribution in [3.8, 4) is 11.5 Å². The molecule has 0 radical (unpaired) electrons. The molecule has 0 atom stereocenters. The molecule has 0 aliphatic heterocycles. The third-order valence-electron chi connectivity index (χ3n) is 3.54. The molecule has 0 fully saturated rings. The van der Waals surface area contributed by atoms with Gasteiger partial charge in [-0.15, -0.1) is 23.5 Å². The van der Waals surface area contributed by atoms with E-state index in [1.165, 1.54) is 23.5 Å². The van der Waals surface area contributed by atoms with Gasteiger partial charge >= 0.3 is 0 Å². The van der Waals surface area contributed by atoms with Crippen molar-refractivity contribution in [2.75, 3.05) is 0 Å².